The molecule has 0 radical (unpaired) electrons. The van der Waals surface area contributed by atoms with Crippen molar-refractivity contribution in [1.29, 1.82) is 0 Å². The number of ether oxygens (including phenoxy) is 1. The first kappa shape index (κ1) is 12.1. The first-order chi connectivity index (χ1) is 9.31. The van der Waals surface area contributed by atoms with Gasteiger partial charge in [-0.25, -0.2) is 0 Å². The predicted molar refractivity (Wildman–Crippen MR) is 72.4 cm³/mol. The van der Waals surface area contributed by atoms with Gasteiger partial charge in [-0.2, -0.15) is 9.61 Å². The van der Waals surface area contributed by atoms with Gasteiger partial charge in [-0.15, -0.1) is 10.2 Å². The third kappa shape index (κ3) is 2.18. The van der Waals surface area contributed by atoms with Crippen LogP contribution in [0.25, 0.3) is 4.96 Å². The van der Waals surface area contributed by atoms with Crippen molar-refractivity contribution in [2.75, 3.05) is 7.11 Å². The highest BCUT2D eigenvalue weighted by Crippen LogP contribution is 2.21. The molecule has 0 fully saturated rings. The lowest BCUT2D eigenvalue weighted by Crippen LogP contribution is -2.01. The molecule has 0 saturated carbocycles. The molecule has 0 aliphatic heterocycles. The molecule has 0 aliphatic carbocycles. The van der Waals surface area contributed by atoms with Crippen LogP contribution in [0.2, 0.25) is 0 Å². The van der Waals surface area contributed by atoms with Gasteiger partial charge in [0.15, 0.2) is 5.82 Å². The van der Waals surface area contributed by atoms with Crippen LogP contribution in [0, 0.1) is 0 Å². The van der Waals surface area contributed by atoms with Crippen LogP contribution in [0.5, 0.6) is 5.75 Å². The monoisotopic (exact) mass is 275 g/mol. The largest absolute Gasteiger partial charge is 0.496 e. The number of hydrogen-bond acceptors (Lipinski definition) is 6. The highest BCUT2D eigenvalue weighted by Gasteiger charge is 2.13. The van der Waals surface area contributed by atoms with E-state index in [1.54, 1.807) is 11.6 Å². The van der Waals surface area contributed by atoms with Gasteiger partial charge in [0.1, 0.15) is 10.8 Å². The van der Waals surface area contributed by atoms with Gasteiger partial charge >= 0.3 is 0 Å². The SMILES string of the molecule is COc1ccccc1Cc1nnc2sc(CN)nn12. The van der Waals surface area contributed by atoms with Crippen molar-refractivity contribution in [2.24, 2.45) is 5.73 Å². The fourth-order valence-electron chi connectivity index (χ4n) is 1.91. The average Bonchev–Trinajstić information content (AvgIpc) is 3.01. The molecular formula is C12H13N5OS. The molecule has 98 valence electrons. The molecule has 0 unspecified atom stereocenters. The maximum absolute atomic E-state index is 5.59. The second-order valence-electron chi connectivity index (χ2n) is 4.00. The van der Waals surface area contributed by atoms with Crippen molar-refractivity contribution in [3.8, 4) is 5.75 Å². The van der Waals surface area contributed by atoms with Crippen molar-refractivity contribution >= 4 is 16.3 Å². The number of para-hydroxylation sites is 1. The summed E-state index contributed by atoms with van der Waals surface area (Å²) in [7, 11) is 1.66. The minimum atomic E-state index is 0.419. The van der Waals surface area contributed by atoms with Crippen LogP contribution in [-0.4, -0.2) is 26.9 Å². The number of rotatable bonds is 4. The molecule has 0 saturated heterocycles. The van der Waals surface area contributed by atoms with Gasteiger partial charge in [-0.3, -0.25) is 0 Å². The quantitative estimate of drug-likeness (QED) is 0.775. The summed E-state index contributed by atoms with van der Waals surface area (Å²) in [5.74, 6) is 1.63. The van der Waals surface area contributed by atoms with Gasteiger partial charge in [0, 0.05) is 18.5 Å². The van der Waals surface area contributed by atoms with Crippen LogP contribution in [0.1, 0.15) is 16.4 Å². The number of nitrogens with zero attached hydrogens (tertiary/aromatic N) is 4. The van der Waals surface area contributed by atoms with Crippen molar-refractivity contribution in [3.05, 3.63) is 40.7 Å². The summed E-state index contributed by atoms with van der Waals surface area (Å²) in [5, 5.41) is 13.5. The van der Waals surface area contributed by atoms with Crippen LogP contribution in [0.3, 0.4) is 0 Å². The van der Waals surface area contributed by atoms with Gasteiger partial charge in [-0.1, -0.05) is 29.5 Å². The Morgan fingerprint density at radius 1 is 1.32 bits per heavy atom. The summed E-state index contributed by atoms with van der Waals surface area (Å²) in [6.07, 6.45) is 0.624. The highest BCUT2D eigenvalue weighted by atomic mass is 32.1. The molecule has 1 aromatic carbocycles. The molecule has 3 rings (SSSR count). The van der Waals surface area contributed by atoms with E-state index in [-0.39, 0.29) is 0 Å². The first-order valence-corrected chi connectivity index (χ1v) is 6.65. The molecule has 0 bridgehead atoms. The Morgan fingerprint density at radius 2 is 2.16 bits per heavy atom. The van der Waals surface area contributed by atoms with Crippen LogP contribution < -0.4 is 10.5 Å². The van der Waals surface area contributed by atoms with E-state index in [9.17, 15) is 0 Å². The van der Waals surface area contributed by atoms with Gasteiger partial charge in [-0.05, 0) is 6.07 Å². The smallest absolute Gasteiger partial charge is 0.234 e. The zero-order valence-electron chi connectivity index (χ0n) is 10.4. The minimum Gasteiger partial charge on any atom is -0.496 e. The summed E-state index contributed by atoms with van der Waals surface area (Å²) < 4.78 is 7.09. The molecule has 19 heavy (non-hydrogen) atoms. The van der Waals surface area contributed by atoms with Crippen LogP contribution >= 0.6 is 11.3 Å². The van der Waals surface area contributed by atoms with E-state index in [2.05, 4.69) is 15.3 Å². The van der Waals surface area contributed by atoms with Gasteiger partial charge in [0.05, 0.1) is 7.11 Å². The standard InChI is InChI=1S/C12H13N5OS/c1-18-9-5-3-2-4-8(9)6-10-14-15-12-17(10)16-11(7-13)19-12/h2-5H,6-7,13H2,1H3. The predicted octanol–water partition coefficient (Wildman–Crippen LogP) is 1.24. The second kappa shape index (κ2) is 4.94. The zero-order chi connectivity index (χ0) is 13.2. The lowest BCUT2D eigenvalue weighted by atomic mass is 10.1. The molecule has 0 amide bonds. The molecule has 6 nitrogen and oxygen atoms in total. The van der Waals surface area contributed by atoms with E-state index in [1.165, 1.54) is 11.3 Å². The van der Waals surface area contributed by atoms with E-state index < -0.39 is 0 Å². The number of hydrogen-bond donors (Lipinski definition) is 1. The molecule has 7 heteroatoms. The Morgan fingerprint density at radius 3 is 2.95 bits per heavy atom. The maximum atomic E-state index is 5.59. The Kier molecular flexibility index (Phi) is 3.14. The van der Waals surface area contributed by atoms with Crippen molar-refractivity contribution in [3.63, 3.8) is 0 Å². The first-order valence-electron chi connectivity index (χ1n) is 5.83. The third-order valence-electron chi connectivity index (χ3n) is 2.81. The van der Waals surface area contributed by atoms with Crippen molar-refractivity contribution < 1.29 is 4.74 Å². The normalized spacial score (nSPS) is 11.1. The third-order valence-corrected chi connectivity index (χ3v) is 3.73. The summed E-state index contributed by atoms with van der Waals surface area (Å²) >= 11 is 1.46. The Labute approximate surface area is 113 Å². The lowest BCUT2D eigenvalue weighted by Gasteiger charge is -2.05. The number of benzene rings is 1. The molecule has 0 atom stereocenters. The summed E-state index contributed by atoms with van der Waals surface area (Å²) in [5.41, 5.74) is 6.64. The van der Waals surface area contributed by atoms with Crippen LogP contribution in [0.15, 0.2) is 24.3 Å². The molecule has 2 aromatic heterocycles. The average molecular weight is 275 g/mol. The Hall–Kier alpha value is -1.99. The van der Waals surface area contributed by atoms with Crippen LogP contribution in [0.4, 0.5) is 0 Å². The van der Waals surface area contributed by atoms with Crippen molar-refractivity contribution in [1.82, 2.24) is 19.8 Å². The minimum absolute atomic E-state index is 0.419. The summed E-state index contributed by atoms with van der Waals surface area (Å²) in [6, 6.07) is 7.86. The highest BCUT2D eigenvalue weighted by molar-refractivity contribution is 7.16. The van der Waals surface area contributed by atoms with E-state index in [1.807, 2.05) is 24.3 Å². The van der Waals surface area contributed by atoms with Gasteiger partial charge in [0.25, 0.3) is 0 Å². The number of fused-ring (bicyclic) bond motifs is 1. The number of nitrogens with two attached hydrogens (primary N) is 1. The maximum Gasteiger partial charge on any atom is 0.234 e. The molecule has 2 N–H and O–H groups in total. The topological polar surface area (TPSA) is 78.3 Å². The fourth-order valence-corrected chi connectivity index (χ4v) is 2.64. The lowest BCUT2D eigenvalue weighted by molar-refractivity contribution is 0.410. The number of methoxy groups -OCH3 is 1. The zero-order valence-corrected chi connectivity index (χ0v) is 11.2. The fraction of sp³-hybridized carbons (Fsp3) is 0.250. The van der Waals surface area contributed by atoms with Crippen molar-refractivity contribution in [2.45, 2.75) is 13.0 Å². The number of aromatic nitrogens is 4. The molecule has 2 heterocycles. The Bertz CT molecular complexity index is 705. The molecular weight excluding hydrogens is 262 g/mol. The van der Waals surface area contributed by atoms with E-state index >= 15 is 0 Å². The summed E-state index contributed by atoms with van der Waals surface area (Å²) in [4.78, 5) is 0.769. The van der Waals surface area contributed by atoms with E-state index in [0.29, 0.717) is 13.0 Å². The van der Waals surface area contributed by atoms with Crippen LogP contribution in [-0.2, 0) is 13.0 Å². The van der Waals surface area contributed by atoms with Gasteiger partial charge < -0.3 is 10.5 Å². The molecule has 0 aliphatic rings. The summed E-state index contributed by atoms with van der Waals surface area (Å²) in [6.45, 7) is 0.419. The van der Waals surface area contributed by atoms with E-state index in [0.717, 1.165) is 27.1 Å². The Balaban J connectivity index is 1.98. The second-order valence-corrected chi connectivity index (χ2v) is 5.04. The van der Waals surface area contributed by atoms with Gasteiger partial charge in [0.2, 0.25) is 4.96 Å². The molecule has 0 spiro atoms. The molecule has 3 aromatic rings. The van der Waals surface area contributed by atoms with E-state index in [4.69, 9.17) is 10.5 Å².